The lowest BCUT2D eigenvalue weighted by Gasteiger charge is -2.13. The quantitative estimate of drug-likeness (QED) is 0.877. The van der Waals surface area contributed by atoms with Gasteiger partial charge in [0.25, 0.3) is 0 Å². The molecule has 17 heavy (non-hydrogen) atoms. The van der Waals surface area contributed by atoms with Crippen molar-refractivity contribution in [1.29, 1.82) is 0 Å². The van der Waals surface area contributed by atoms with E-state index in [9.17, 15) is 9.18 Å². The molecule has 0 aliphatic heterocycles. The van der Waals surface area contributed by atoms with Crippen LogP contribution in [-0.4, -0.2) is 30.4 Å². The lowest BCUT2D eigenvalue weighted by Crippen LogP contribution is -2.30. The van der Waals surface area contributed by atoms with E-state index in [0.717, 1.165) is 0 Å². The number of carbonyl (C=O) groups is 1. The van der Waals surface area contributed by atoms with Crippen LogP contribution in [0.2, 0.25) is 0 Å². The molecular formula is C11H12BrFO4. The molecule has 1 rings (SSSR count). The molecule has 1 aromatic rings. The minimum absolute atomic E-state index is 0.168. The number of carboxylic acids is 1. The van der Waals surface area contributed by atoms with Crippen molar-refractivity contribution in [1.82, 2.24) is 0 Å². The van der Waals surface area contributed by atoms with Gasteiger partial charge in [-0.3, -0.25) is 0 Å². The summed E-state index contributed by atoms with van der Waals surface area (Å²) < 4.78 is 23.6. The summed E-state index contributed by atoms with van der Waals surface area (Å²) in [5, 5.41) is 8.80. The van der Waals surface area contributed by atoms with Gasteiger partial charge in [-0.05, 0) is 19.1 Å². The van der Waals surface area contributed by atoms with E-state index in [1.54, 1.807) is 13.0 Å². The SMILES string of the molecule is CCOC(COc1cc(F)cc(Br)c1)C(=O)O. The van der Waals surface area contributed by atoms with Crippen molar-refractivity contribution >= 4 is 21.9 Å². The Morgan fingerprint density at radius 1 is 1.53 bits per heavy atom. The Kier molecular flexibility index (Phi) is 5.37. The van der Waals surface area contributed by atoms with Gasteiger partial charge in [-0.1, -0.05) is 15.9 Å². The summed E-state index contributed by atoms with van der Waals surface area (Å²) in [6, 6.07) is 4.01. The highest BCUT2D eigenvalue weighted by atomic mass is 79.9. The number of ether oxygens (including phenoxy) is 2. The predicted octanol–water partition coefficient (Wildman–Crippen LogP) is 2.46. The van der Waals surface area contributed by atoms with E-state index in [2.05, 4.69) is 15.9 Å². The first-order chi connectivity index (χ1) is 8.02. The fourth-order valence-electron chi connectivity index (χ4n) is 1.18. The molecule has 94 valence electrons. The molecule has 0 saturated carbocycles. The summed E-state index contributed by atoms with van der Waals surface area (Å²) in [4.78, 5) is 10.8. The zero-order valence-corrected chi connectivity index (χ0v) is 10.7. The van der Waals surface area contributed by atoms with Gasteiger partial charge in [0.15, 0.2) is 6.10 Å². The average molecular weight is 307 g/mol. The van der Waals surface area contributed by atoms with Crippen molar-refractivity contribution < 1.29 is 23.8 Å². The van der Waals surface area contributed by atoms with E-state index in [-0.39, 0.29) is 19.0 Å². The topological polar surface area (TPSA) is 55.8 Å². The van der Waals surface area contributed by atoms with Crippen LogP contribution in [0.25, 0.3) is 0 Å². The smallest absolute Gasteiger partial charge is 0.336 e. The molecule has 0 bridgehead atoms. The van der Waals surface area contributed by atoms with Crippen molar-refractivity contribution in [2.24, 2.45) is 0 Å². The normalized spacial score (nSPS) is 12.2. The molecule has 4 nitrogen and oxygen atoms in total. The number of aliphatic carboxylic acids is 1. The molecule has 0 saturated heterocycles. The standard InChI is InChI=1S/C11H12BrFO4/c1-2-16-10(11(14)15)6-17-9-4-7(12)3-8(13)5-9/h3-5,10H,2,6H2,1H3,(H,14,15). The van der Waals surface area contributed by atoms with Crippen LogP contribution in [0, 0.1) is 5.82 Å². The molecule has 1 unspecified atom stereocenters. The van der Waals surface area contributed by atoms with Gasteiger partial charge in [-0.15, -0.1) is 0 Å². The van der Waals surface area contributed by atoms with Crippen LogP contribution < -0.4 is 4.74 Å². The Labute approximate surface area is 106 Å². The number of hydrogen-bond acceptors (Lipinski definition) is 3. The second-order valence-corrected chi connectivity index (χ2v) is 4.11. The predicted molar refractivity (Wildman–Crippen MR) is 62.6 cm³/mol. The van der Waals surface area contributed by atoms with Crippen LogP contribution in [-0.2, 0) is 9.53 Å². The fraction of sp³-hybridized carbons (Fsp3) is 0.364. The van der Waals surface area contributed by atoms with Gasteiger partial charge in [0.2, 0.25) is 0 Å². The van der Waals surface area contributed by atoms with E-state index in [1.807, 2.05) is 0 Å². The van der Waals surface area contributed by atoms with Crippen LogP contribution in [0.1, 0.15) is 6.92 Å². The van der Waals surface area contributed by atoms with Gasteiger partial charge in [0.1, 0.15) is 18.2 Å². The minimum atomic E-state index is -1.11. The Hall–Kier alpha value is -1.14. The molecule has 0 radical (unpaired) electrons. The summed E-state index contributed by atoms with van der Waals surface area (Å²) in [5.74, 6) is -1.32. The minimum Gasteiger partial charge on any atom is -0.490 e. The molecule has 0 amide bonds. The van der Waals surface area contributed by atoms with Crippen molar-refractivity contribution in [3.05, 3.63) is 28.5 Å². The van der Waals surface area contributed by atoms with Crippen LogP contribution in [0.5, 0.6) is 5.75 Å². The average Bonchev–Trinajstić information content (AvgIpc) is 2.22. The number of halogens is 2. The fourth-order valence-corrected chi connectivity index (χ4v) is 1.62. The summed E-state index contributed by atoms with van der Waals surface area (Å²) >= 11 is 3.11. The third-order valence-electron chi connectivity index (χ3n) is 1.88. The van der Waals surface area contributed by atoms with E-state index < -0.39 is 17.9 Å². The first-order valence-corrected chi connectivity index (χ1v) is 5.75. The van der Waals surface area contributed by atoms with Gasteiger partial charge in [0.05, 0.1) is 0 Å². The third kappa shape index (κ3) is 4.70. The molecule has 6 heteroatoms. The summed E-state index contributed by atoms with van der Waals surface area (Å²) in [5.41, 5.74) is 0. The molecular weight excluding hydrogens is 295 g/mol. The zero-order chi connectivity index (χ0) is 12.8. The van der Waals surface area contributed by atoms with Crippen LogP contribution in [0.15, 0.2) is 22.7 Å². The highest BCUT2D eigenvalue weighted by molar-refractivity contribution is 9.10. The van der Waals surface area contributed by atoms with E-state index in [0.29, 0.717) is 4.47 Å². The molecule has 0 aromatic heterocycles. The summed E-state index contributed by atoms with van der Waals surface area (Å²) in [6.07, 6.45) is -1.05. The summed E-state index contributed by atoms with van der Waals surface area (Å²) in [7, 11) is 0. The number of hydrogen-bond donors (Lipinski definition) is 1. The molecule has 0 heterocycles. The molecule has 1 atom stereocenters. The van der Waals surface area contributed by atoms with E-state index >= 15 is 0 Å². The van der Waals surface area contributed by atoms with Gasteiger partial charge < -0.3 is 14.6 Å². The molecule has 0 aliphatic carbocycles. The maximum Gasteiger partial charge on any atom is 0.336 e. The number of carboxylic acid groups (broad SMARTS) is 1. The van der Waals surface area contributed by atoms with Crippen molar-refractivity contribution in [2.45, 2.75) is 13.0 Å². The first-order valence-electron chi connectivity index (χ1n) is 4.96. The number of benzene rings is 1. The monoisotopic (exact) mass is 306 g/mol. The maximum atomic E-state index is 13.0. The molecule has 0 spiro atoms. The Morgan fingerprint density at radius 3 is 2.76 bits per heavy atom. The molecule has 1 N–H and O–H groups in total. The van der Waals surface area contributed by atoms with Crippen molar-refractivity contribution in [3.8, 4) is 5.75 Å². The van der Waals surface area contributed by atoms with Gasteiger partial charge in [0, 0.05) is 17.1 Å². The van der Waals surface area contributed by atoms with Crippen LogP contribution in [0.4, 0.5) is 4.39 Å². The highest BCUT2D eigenvalue weighted by Gasteiger charge is 2.18. The van der Waals surface area contributed by atoms with E-state index in [1.165, 1.54) is 12.1 Å². The van der Waals surface area contributed by atoms with Crippen molar-refractivity contribution in [2.75, 3.05) is 13.2 Å². The van der Waals surface area contributed by atoms with Gasteiger partial charge in [-0.25, -0.2) is 9.18 Å². The summed E-state index contributed by atoms with van der Waals surface area (Å²) in [6.45, 7) is 1.79. The van der Waals surface area contributed by atoms with Crippen LogP contribution in [0.3, 0.4) is 0 Å². The maximum absolute atomic E-state index is 13.0. The van der Waals surface area contributed by atoms with E-state index in [4.69, 9.17) is 14.6 Å². The van der Waals surface area contributed by atoms with Crippen LogP contribution >= 0.6 is 15.9 Å². The molecule has 1 aromatic carbocycles. The Morgan fingerprint density at radius 2 is 2.24 bits per heavy atom. The largest absolute Gasteiger partial charge is 0.490 e. The van der Waals surface area contributed by atoms with Gasteiger partial charge >= 0.3 is 5.97 Å². The highest BCUT2D eigenvalue weighted by Crippen LogP contribution is 2.20. The second kappa shape index (κ2) is 6.56. The lowest BCUT2D eigenvalue weighted by molar-refractivity contribution is -0.152. The molecule has 0 fully saturated rings. The lowest BCUT2D eigenvalue weighted by atomic mass is 10.3. The molecule has 0 aliphatic rings. The van der Waals surface area contributed by atoms with Gasteiger partial charge in [-0.2, -0.15) is 0 Å². The van der Waals surface area contributed by atoms with Crippen molar-refractivity contribution in [3.63, 3.8) is 0 Å². The third-order valence-corrected chi connectivity index (χ3v) is 2.34. The second-order valence-electron chi connectivity index (χ2n) is 3.20. The zero-order valence-electron chi connectivity index (χ0n) is 9.15. The Bertz CT molecular complexity index is 377. The Balaban J connectivity index is 2.61. The first kappa shape index (κ1) is 13.9. The number of rotatable bonds is 6.